The molecule has 0 amide bonds. The lowest BCUT2D eigenvalue weighted by Gasteiger charge is -2.33. The Labute approximate surface area is 565 Å². The number of hydrogen-bond donors (Lipinski definition) is 0. The highest BCUT2D eigenvalue weighted by molar-refractivity contribution is 4.78. The largest absolute Gasteiger partial charge is 0.0683 e. The molecule has 0 saturated heterocycles. The van der Waals surface area contributed by atoms with Gasteiger partial charge in [0, 0.05) is 0 Å². The minimum absolute atomic E-state index is 0.500. The van der Waals surface area contributed by atoms with Crippen molar-refractivity contribution >= 4 is 0 Å². The molecule has 0 aromatic rings. The average molecular weight is 1240 g/mol. The van der Waals surface area contributed by atoms with Gasteiger partial charge in [-0.2, -0.15) is 0 Å². The van der Waals surface area contributed by atoms with E-state index in [2.05, 4.69) is 208 Å². The lowest BCUT2D eigenvalue weighted by Crippen LogP contribution is -2.20. The van der Waals surface area contributed by atoms with E-state index in [4.69, 9.17) is 0 Å². The minimum Gasteiger partial charge on any atom is -0.0683 e. The molecule has 0 aromatic carbocycles. The summed E-state index contributed by atoms with van der Waals surface area (Å²) < 4.78 is 0. The summed E-state index contributed by atoms with van der Waals surface area (Å²) in [4.78, 5) is 0. The maximum absolute atomic E-state index is 2.40. The molecule has 7 saturated carbocycles. The molecule has 0 radical (unpaired) electrons. The molecule has 0 aliphatic heterocycles. The van der Waals surface area contributed by atoms with Crippen LogP contribution >= 0.6 is 0 Å². The second kappa shape index (κ2) is 78.4. The third kappa shape index (κ3) is 124. The normalized spacial score (nSPS) is 18.6. The zero-order valence-electron chi connectivity index (χ0n) is 70.5. The van der Waals surface area contributed by atoms with Crippen molar-refractivity contribution in [1.82, 2.24) is 0 Å². The van der Waals surface area contributed by atoms with Crippen LogP contribution in [0.3, 0.4) is 0 Å². The molecule has 0 aromatic heterocycles. The second-order valence-corrected chi connectivity index (χ2v) is 33.1. The first-order valence-corrected chi connectivity index (χ1v) is 40.5. The van der Waals surface area contributed by atoms with Crippen LogP contribution in [0.2, 0.25) is 0 Å². The highest BCUT2D eigenvalue weighted by Gasteiger charge is 2.26. The monoisotopic (exact) mass is 1240 g/mol. The van der Waals surface area contributed by atoms with Crippen LogP contribution < -0.4 is 0 Å². The minimum atomic E-state index is 0.500. The van der Waals surface area contributed by atoms with E-state index in [0.29, 0.717) is 21.7 Å². The predicted molar refractivity (Wildman–Crippen MR) is 422 cm³/mol. The summed E-state index contributed by atoms with van der Waals surface area (Å²) >= 11 is 0. The molecule has 7 fully saturated rings. The second-order valence-electron chi connectivity index (χ2n) is 33.1. The van der Waals surface area contributed by atoms with Gasteiger partial charge in [0.15, 0.2) is 0 Å². The fraction of sp³-hybridized carbons (Fsp3) is 1.00. The van der Waals surface area contributed by atoms with Crippen LogP contribution in [0.25, 0.3) is 0 Å². The highest BCUT2D eigenvalue weighted by atomic mass is 14.3. The Kier molecular flexibility index (Phi) is 97.9. The Morgan fingerprint density at radius 1 is 0.310 bits per heavy atom. The first-order valence-electron chi connectivity index (χ1n) is 40.5. The van der Waals surface area contributed by atoms with Crippen LogP contribution in [0.15, 0.2) is 0 Å². The summed E-state index contributed by atoms with van der Waals surface area (Å²) in [5, 5.41) is 0. The van der Waals surface area contributed by atoms with Crippen LogP contribution in [0.4, 0.5) is 0 Å². The summed E-state index contributed by atoms with van der Waals surface area (Å²) in [6.45, 7) is 83.6. The molecule has 7 aliphatic rings. The fourth-order valence-corrected chi connectivity index (χ4v) is 9.03. The van der Waals surface area contributed by atoms with E-state index in [9.17, 15) is 0 Å². The third-order valence-electron chi connectivity index (χ3n) is 17.1. The summed E-state index contributed by atoms with van der Waals surface area (Å²) in [7, 11) is 0. The van der Waals surface area contributed by atoms with E-state index in [1.54, 1.807) is 0 Å². The molecule has 0 nitrogen and oxygen atoms in total. The van der Waals surface area contributed by atoms with Gasteiger partial charge in [0.25, 0.3) is 0 Å². The highest BCUT2D eigenvalue weighted by Crippen LogP contribution is 2.39. The zero-order valence-corrected chi connectivity index (χ0v) is 70.5. The third-order valence-corrected chi connectivity index (χ3v) is 17.1. The van der Waals surface area contributed by atoms with Gasteiger partial charge in [-0.3, -0.25) is 0 Å². The van der Waals surface area contributed by atoms with Crippen molar-refractivity contribution in [3.05, 3.63) is 0 Å². The van der Waals surface area contributed by atoms with Gasteiger partial charge in [-0.15, -0.1) is 0 Å². The molecule has 0 bridgehead atoms. The van der Waals surface area contributed by atoms with Gasteiger partial charge in [0.1, 0.15) is 0 Å². The Hall–Kier alpha value is 0. The average Bonchev–Trinajstić information content (AvgIpc) is 3.96. The van der Waals surface area contributed by atoms with E-state index in [1.165, 1.54) is 225 Å². The maximum Gasteiger partial charge on any atom is -0.0354 e. The molecular formula is C87H194. The van der Waals surface area contributed by atoms with Gasteiger partial charge >= 0.3 is 0 Å². The van der Waals surface area contributed by atoms with Crippen molar-refractivity contribution in [2.75, 3.05) is 0 Å². The van der Waals surface area contributed by atoms with Crippen LogP contribution in [-0.2, 0) is 0 Å². The van der Waals surface area contributed by atoms with Gasteiger partial charge < -0.3 is 0 Å². The van der Waals surface area contributed by atoms with Gasteiger partial charge in [-0.25, -0.2) is 0 Å². The molecule has 0 atom stereocenters. The Morgan fingerprint density at radius 3 is 0.598 bits per heavy atom. The van der Waals surface area contributed by atoms with Gasteiger partial charge in [0.05, 0.1) is 0 Å². The van der Waals surface area contributed by atoms with E-state index < -0.39 is 0 Å². The van der Waals surface area contributed by atoms with Crippen molar-refractivity contribution in [1.29, 1.82) is 0 Å². The molecule has 87 heavy (non-hydrogen) atoms. The number of hydrogen-bond acceptors (Lipinski definition) is 0. The molecule has 0 N–H and O–H groups in total. The van der Waals surface area contributed by atoms with E-state index in [1.807, 2.05) is 55.4 Å². The van der Waals surface area contributed by atoms with Crippen LogP contribution in [-0.4, -0.2) is 0 Å². The summed E-state index contributed by atoms with van der Waals surface area (Å²) in [6.07, 6.45) is 50.9. The van der Waals surface area contributed by atoms with Crippen LogP contribution in [0.1, 0.15) is 488 Å². The zero-order chi connectivity index (χ0) is 70.5. The first-order chi connectivity index (χ1) is 40.5. The topological polar surface area (TPSA) is 0 Å². The molecule has 0 heterocycles. The molecule has 7 rings (SSSR count). The van der Waals surface area contributed by atoms with Crippen LogP contribution in [0, 0.1) is 80.8 Å². The first kappa shape index (κ1) is 109. The summed E-state index contributed by atoms with van der Waals surface area (Å²) in [5.41, 5.74) is 2.36. The van der Waals surface area contributed by atoms with Crippen molar-refractivity contribution in [2.24, 2.45) is 80.8 Å². The molecule has 0 heteroatoms. The lowest BCUT2D eigenvalue weighted by molar-refractivity contribution is 0.188. The van der Waals surface area contributed by atoms with E-state index in [0.717, 1.165) is 59.2 Å². The molecule has 542 valence electrons. The number of rotatable bonds is 5. The summed E-state index contributed by atoms with van der Waals surface area (Å²) in [5.74, 6) is 10.00. The van der Waals surface area contributed by atoms with Crippen molar-refractivity contribution < 1.29 is 0 Å². The Bertz CT molecular complexity index is 1050. The molecule has 7 aliphatic carbocycles. The molecule has 0 spiro atoms. The SMILES string of the molecule is CC.CC.CC.CC.CC(C)(C)C.CC(C)C.CC1CC1.CC1CCC(C)(C)CC1.CC1CCCC1.CC1CCCCC1.CCC.CCC(C)(C)C.CCC(C)C.CCC(C)C.CCC1CCC(C)(C)CC1.CCC1CCCC1.CCC1CCCCC1. The quantitative estimate of drug-likeness (QED) is 0.257. The van der Waals surface area contributed by atoms with Crippen molar-refractivity contribution in [3.63, 3.8) is 0 Å². The Balaban J connectivity index is -0.0000000923. The standard InChI is InChI=1S/C10H20.C9H18.C8H16.2C7H14.C6H12.C6H14.3C5H12.C4H8.C4H10.C3H8.4C2H6/c1-4-9-5-7-10(2,3)8-6-9;1-8-4-6-9(2,3)7-5-8;1-2-8-6-4-3-5-7-8;1-7-5-3-2-4-6-7;1-2-7-5-3-4-6-7;1-6-4-2-3-5-6;1-5-6(2,3)4;1-5(2,3)4;2*1-4-5(2)3;1-4-2-3-4;1-4(2)3;1-3-2;4*1-2/h9H,4-8H2,1-3H3;8H,4-7H2,1-3H3;8H,2-7H2,1H3;2*7H,2-6H2,1H3;6H,2-5H2,1H3;5H2,1-4H3;1-4H3;2*5H,4H2,1-3H3;4H,2-3H2,1H3;4H,1-3H3;3H2,1-2H3;4*1-2H3. The molecule has 0 unspecified atom stereocenters. The van der Waals surface area contributed by atoms with E-state index >= 15 is 0 Å². The van der Waals surface area contributed by atoms with E-state index in [-0.39, 0.29) is 0 Å². The predicted octanol–water partition coefficient (Wildman–Crippen LogP) is 34.4. The molecular weight excluding hydrogens is 1040 g/mol. The summed E-state index contributed by atoms with van der Waals surface area (Å²) in [6, 6.07) is 0. The fourth-order valence-electron chi connectivity index (χ4n) is 9.03. The smallest absolute Gasteiger partial charge is 0.0354 e. The van der Waals surface area contributed by atoms with Gasteiger partial charge in [-0.1, -0.05) is 449 Å². The lowest BCUT2D eigenvalue weighted by atomic mass is 9.72. The maximum atomic E-state index is 2.40. The van der Waals surface area contributed by atoms with Gasteiger partial charge in [-0.05, 0) is 119 Å². The van der Waals surface area contributed by atoms with Crippen LogP contribution in [0.5, 0.6) is 0 Å². The van der Waals surface area contributed by atoms with Gasteiger partial charge in [0.2, 0.25) is 0 Å². The van der Waals surface area contributed by atoms with Crippen molar-refractivity contribution in [2.45, 2.75) is 488 Å². The Morgan fingerprint density at radius 2 is 0.471 bits per heavy atom. The van der Waals surface area contributed by atoms with Crippen molar-refractivity contribution in [3.8, 4) is 0 Å².